The maximum atomic E-state index is 13.1. The van der Waals surface area contributed by atoms with Gasteiger partial charge in [0.05, 0.1) is 12.0 Å². The lowest BCUT2D eigenvalue weighted by molar-refractivity contribution is -0.116. The van der Waals surface area contributed by atoms with E-state index in [0.29, 0.717) is 24.5 Å². The molecule has 2 atom stereocenters. The van der Waals surface area contributed by atoms with E-state index in [1.54, 1.807) is 0 Å². The number of hydrogen-bond acceptors (Lipinski definition) is 4. The quantitative estimate of drug-likeness (QED) is 0.534. The van der Waals surface area contributed by atoms with Crippen molar-refractivity contribution in [3.05, 3.63) is 77.2 Å². The second kappa shape index (κ2) is 7.30. The summed E-state index contributed by atoms with van der Waals surface area (Å²) < 4.78 is 5.99. The molecule has 0 N–H and O–H groups in total. The molecule has 3 aliphatic rings. The second-order valence-electron chi connectivity index (χ2n) is 9.24. The number of para-hydroxylation sites is 2. The summed E-state index contributed by atoms with van der Waals surface area (Å²) in [6.45, 7) is 0. The number of aromatic nitrogens is 1. The van der Waals surface area contributed by atoms with Crippen LogP contribution in [0.2, 0.25) is 0 Å². The Morgan fingerprint density at radius 1 is 1.03 bits per heavy atom. The molecule has 1 aromatic heterocycles. The number of benzene rings is 2. The highest BCUT2D eigenvalue weighted by Gasteiger charge is 2.48. The molecule has 2 heterocycles. The first kappa shape index (κ1) is 18.7. The third-order valence-electron chi connectivity index (χ3n) is 7.22. The average molecular weight is 411 g/mol. The van der Waals surface area contributed by atoms with E-state index in [2.05, 4.69) is 35.3 Å². The molecule has 0 saturated heterocycles. The lowest BCUT2D eigenvalue weighted by Gasteiger charge is -2.37. The minimum Gasteiger partial charge on any atom is -0.440 e. The van der Waals surface area contributed by atoms with Crippen molar-refractivity contribution in [2.24, 2.45) is 4.99 Å². The Labute approximate surface area is 182 Å². The number of dihydropyridines is 1. The molecular formula is C27H26N2O2. The number of hydrogen-bond donors (Lipinski definition) is 0. The van der Waals surface area contributed by atoms with Crippen LogP contribution in [0.1, 0.15) is 62.3 Å². The van der Waals surface area contributed by atoms with Gasteiger partial charge in [0, 0.05) is 24.1 Å². The zero-order valence-electron chi connectivity index (χ0n) is 17.6. The van der Waals surface area contributed by atoms with Gasteiger partial charge < -0.3 is 4.42 Å². The van der Waals surface area contributed by atoms with Crippen LogP contribution in [0.4, 0.5) is 0 Å². The molecule has 6 rings (SSSR count). The Morgan fingerprint density at radius 3 is 2.74 bits per heavy atom. The molecule has 1 aliphatic heterocycles. The highest BCUT2D eigenvalue weighted by molar-refractivity contribution is 6.03. The lowest BCUT2D eigenvalue weighted by atomic mass is 9.73. The average Bonchev–Trinajstić information content (AvgIpc) is 3.38. The van der Waals surface area contributed by atoms with Gasteiger partial charge in [0.15, 0.2) is 11.4 Å². The van der Waals surface area contributed by atoms with Crippen molar-refractivity contribution in [3.8, 4) is 0 Å². The molecule has 1 unspecified atom stereocenters. The fraction of sp³-hybridized carbons (Fsp3) is 0.370. The van der Waals surface area contributed by atoms with Crippen LogP contribution in [0.3, 0.4) is 0 Å². The molecule has 0 radical (unpaired) electrons. The van der Waals surface area contributed by atoms with Gasteiger partial charge in [-0.05, 0) is 55.7 Å². The first-order valence-corrected chi connectivity index (χ1v) is 11.4. The van der Waals surface area contributed by atoms with E-state index >= 15 is 0 Å². The molecular weight excluding hydrogens is 384 g/mol. The molecule has 1 saturated carbocycles. The van der Waals surface area contributed by atoms with Crippen LogP contribution >= 0.6 is 0 Å². The van der Waals surface area contributed by atoms with Gasteiger partial charge in [0.1, 0.15) is 5.52 Å². The smallest absolute Gasteiger partial charge is 0.201 e. The normalized spacial score (nSPS) is 25.9. The Morgan fingerprint density at radius 2 is 1.87 bits per heavy atom. The van der Waals surface area contributed by atoms with Crippen LogP contribution in [-0.4, -0.2) is 22.0 Å². The van der Waals surface area contributed by atoms with Crippen molar-refractivity contribution in [2.75, 3.05) is 0 Å². The number of nitrogens with zero attached hydrogens (tertiary/aromatic N) is 2. The number of fused-ring (bicyclic) bond motifs is 2. The van der Waals surface area contributed by atoms with Gasteiger partial charge in [-0.25, -0.2) is 4.98 Å². The number of carbonyl (C=O) groups excluding carboxylic acids is 1. The maximum absolute atomic E-state index is 13.1. The molecule has 1 fully saturated rings. The predicted molar refractivity (Wildman–Crippen MR) is 121 cm³/mol. The number of allylic oxidation sites excluding steroid dienone is 1. The highest BCUT2D eigenvalue weighted by atomic mass is 16.3. The Balaban J connectivity index is 1.36. The number of carbonyl (C=O) groups is 1. The summed E-state index contributed by atoms with van der Waals surface area (Å²) in [5.41, 5.74) is 6.22. The molecule has 31 heavy (non-hydrogen) atoms. The summed E-state index contributed by atoms with van der Waals surface area (Å²) in [4.78, 5) is 23.1. The minimum absolute atomic E-state index is 0.333. The van der Waals surface area contributed by atoms with Crippen molar-refractivity contribution < 1.29 is 9.21 Å². The third kappa shape index (κ3) is 3.25. The monoisotopic (exact) mass is 410 g/mol. The van der Waals surface area contributed by atoms with Crippen molar-refractivity contribution >= 4 is 22.6 Å². The summed E-state index contributed by atoms with van der Waals surface area (Å²) >= 11 is 0. The number of aliphatic imine (C=N–C) groups is 1. The number of rotatable bonds is 3. The molecule has 2 aliphatic carbocycles. The summed E-state index contributed by atoms with van der Waals surface area (Å²) in [5, 5.41) is 0. The van der Waals surface area contributed by atoms with Crippen LogP contribution in [0.5, 0.6) is 0 Å². The molecule has 3 aromatic rings. The van der Waals surface area contributed by atoms with E-state index < -0.39 is 0 Å². The number of Topliss-reactive ketones (excluding diaryl/α,β-unsaturated/α-hetero) is 1. The van der Waals surface area contributed by atoms with E-state index in [9.17, 15) is 4.79 Å². The van der Waals surface area contributed by atoms with Crippen LogP contribution in [0, 0.1) is 0 Å². The van der Waals surface area contributed by atoms with Crippen LogP contribution in [-0.2, 0) is 11.2 Å². The van der Waals surface area contributed by atoms with E-state index in [1.807, 2.05) is 24.3 Å². The topological polar surface area (TPSA) is 55.5 Å². The van der Waals surface area contributed by atoms with Crippen molar-refractivity contribution in [1.82, 2.24) is 4.98 Å². The Kier molecular flexibility index (Phi) is 4.41. The molecule has 0 bridgehead atoms. The molecule has 156 valence electrons. The lowest BCUT2D eigenvalue weighted by Crippen LogP contribution is -2.38. The maximum Gasteiger partial charge on any atom is 0.201 e. The van der Waals surface area contributed by atoms with Gasteiger partial charge in [-0.1, -0.05) is 48.0 Å². The largest absolute Gasteiger partial charge is 0.440 e. The fourth-order valence-electron chi connectivity index (χ4n) is 5.95. The zero-order valence-corrected chi connectivity index (χ0v) is 17.6. The standard InChI is InChI=1S/C27H26N2O2/c30-23-11-6-9-19-15-21(16-25-28-22-10-4-5-12-24(22)31-25)29-27(26(19)23)14-13-20(17-27)18-7-2-1-3-8-18/h1-5,7-8,10,12,20H,6,9,11,13-17H2/t20?,27-/m0/s1. The molecule has 4 nitrogen and oxygen atoms in total. The summed E-state index contributed by atoms with van der Waals surface area (Å²) in [6, 6.07) is 18.6. The summed E-state index contributed by atoms with van der Waals surface area (Å²) in [5.74, 6) is 1.51. The second-order valence-corrected chi connectivity index (χ2v) is 9.24. The van der Waals surface area contributed by atoms with Gasteiger partial charge in [-0.3, -0.25) is 9.79 Å². The van der Waals surface area contributed by atoms with Gasteiger partial charge >= 0.3 is 0 Å². The molecule has 0 amide bonds. The van der Waals surface area contributed by atoms with Crippen molar-refractivity contribution in [1.29, 1.82) is 0 Å². The zero-order chi connectivity index (χ0) is 20.8. The third-order valence-corrected chi connectivity index (χ3v) is 7.22. The molecule has 4 heteroatoms. The summed E-state index contributed by atoms with van der Waals surface area (Å²) in [7, 11) is 0. The summed E-state index contributed by atoms with van der Waals surface area (Å²) in [6.07, 6.45) is 7.03. The van der Waals surface area contributed by atoms with E-state index in [0.717, 1.165) is 66.8 Å². The van der Waals surface area contributed by atoms with Gasteiger partial charge in [-0.2, -0.15) is 0 Å². The SMILES string of the molecule is O=C1CCCC2=C1[C@@]1(CCC(c3ccccc3)C1)N=C(Cc1nc3ccccc3o1)C2. The number of oxazole rings is 1. The van der Waals surface area contributed by atoms with Crippen molar-refractivity contribution in [3.63, 3.8) is 0 Å². The van der Waals surface area contributed by atoms with Gasteiger partial charge in [0.2, 0.25) is 5.89 Å². The molecule has 1 spiro atoms. The van der Waals surface area contributed by atoms with Crippen molar-refractivity contribution in [2.45, 2.75) is 62.8 Å². The van der Waals surface area contributed by atoms with E-state index in [1.165, 1.54) is 11.1 Å². The van der Waals surface area contributed by atoms with Crippen LogP contribution in [0.15, 0.2) is 75.2 Å². The van der Waals surface area contributed by atoms with Crippen LogP contribution in [0.25, 0.3) is 11.1 Å². The van der Waals surface area contributed by atoms with Gasteiger partial charge in [-0.15, -0.1) is 0 Å². The van der Waals surface area contributed by atoms with E-state index in [4.69, 9.17) is 9.41 Å². The number of ketones is 1. The molecule has 2 aromatic carbocycles. The highest BCUT2D eigenvalue weighted by Crippen LogP contribution is 2.52. The first-order valence-electron chi connectivity index (χ1n) is 11.4. The first-order chi connectivity index (χ1) is 15.2. The fourth-order valence-corrected chi connectivity index (χ4v) is 5.95. The Hall–Kier alpha value is -3.01. The van der Waals surface area contributed by atoms with Gasteiger partial charge in [0.25, 0.3) is 0 Å². The minimum atomic E-state index is -0.354. The Bertz CT molecular complexity index is 1190. The predicted octanol–water partition coefficient (Wildman–Crippen LogP) is 5.97. The van der Waals surface area contributed by atoms with Crippen LogP contribution < -0.4 is 0 Å². The van der Waals surface area contributed by atoms with E-state index in [-0.39, 0.29) is 5.54 Å².